The zero-order chi connectivity index (χ0) is 14.2. The molecule has 0 aromatic carbocycles. The van der Waals surface area contributed by atoms with Gasteiger partial charge in [-0.3, -0.25) is 4.79 Å². The minimum atomic E-state index is -0.252. The van der Waals surface area contributed by atoms with Crippen molar-refractivity contribution in [1.82, 2.24) is 0 Å². The van der Waals surface area contributed by atoms with Crippen LogP contribution in [0.25, 0.3) is 0 Å². The first-order chi connectivity index (χ1) is 8.85. The molecule has 0 saturated carbocycles. The molecule has 19 heavy (non-hydrogen) atoms. The van der Waals surface area contributed by atoms with Crippen LogP contribution >= 0.6 is 0 Å². The van der Waals surface area contributed by atoms with Crippen molar-refractivity contribution in [1.29, 1.82) is 0 Å². The van der Waals surface area contributed by atoms with E-state index in [9.17, 15) is 4.79 Å². The Balaban J connectivity index is 2.55. The number of furan rings is 1. The van der Waals surface area contributed by atoms with Crippen LogP contribution in [0.3, 0.4) is 0 Å². The van der Waals surface area contributed by atoms with Crippen molar-refractivity contribution in [3.05, 3.63) is 35.3 Å². The van der Waals surface area contributed by atoms with Crippen molar-refractivity contribution in [2.45, 2.75) is 39.7 Å². The van der Waals surface area contributed by atoms with Gasteiger partial charge in [0.2, 0.25) is 0 Å². The number of hydrogen-bond donors (Lipinski definition) is 0. The molecule has 0 aliphatic carbocycles. The van der Waals surface area contributed by atoms with Gasteiger partial charge in [0.05, 0.1) is 11.1 Å². The molecule has 2 rings (SSSR count). The predicted molar refractivity (Wildman–Crippen MR) is 73.9 cm³/mol. The van der Waals surface area contributed by atoms with Crippen LogP contribution in [0, 0.1) is 6.92 Å². The Morgan fingerprint density at radius 3 is 2.68 bits per heavy atom. The molecule has 0 bridgehead atoms. The zero-order valence-electron chi connectivity index (χ0n) is 11.9. The molecule has 0 N–H and O–H groups in total. The molecular weight excluding hydrogens is 242 g/mol. The van der Waals surface area contributed by atoms with E-state index in [0.717, 1.165) is 5.56 Å². The normalized spacial score (nSPS) is 16.9. The summed E-state index contributed by atoms with van der Waals surface area (Å²) in [6.45, 7) is 11.6. The van der Waals surface area contributed by atoms with E-state index >= 15 is 0 Å². The van der Waals surface area contributed by atoms with Crippen LogP contribution in [0.4, 0.5) is 0 Å². The van der Waals surface area contributed by atoms with E-state index in [1.165, 1.54) is 6.92 Å². The molecule has 1 aromatic heterocycles. The molecule has 1 aliphatic rings. The second-order valence-electron chi connectivity index (χ2n) is 5.41. The maximum Gasteiger partial charge on any atom is 0.254 e. The molecule has 0 unspecified atom stereocenters. The summed E-state index contributed by atoms with van der Waals surface area (Å²) in [4.78, 5) is 16.2. The Morgan fingerprint density at radius 2 is 2.21 bits per heavy atom. The molecule has 0 atom stereocenters. The van der Waals surface area contributed by atoms with Gasteiger partial charge in [0, 0.05) is 5.56 Å². The van der Waals surface area contributed by atoms with Crippen molar-refractivity contribution >= 4 is 11.7 Å². The number of ketones is 1. The third-order valence-corrected chi connectivity index (χ3v) is 3.04. The van der Waals surface area contributed by atoms with Crippen LogP contribution < -0.4 is 0 Å². The Labute approximate surface area is 113 Å². The van der Waals surface area contributed by atoms with Crippen LogP contribution in [0.1, 0.15) is 48.2 Å². The maximum atomic E-state index is 11.7. The van der Waals surface area contributed by atoms with Crippen LogP contribution in [0.2, 0.25) is 0 Å². The number of nitrogens with zero attached hydrogens (tertiary/aromatic N) is 1. The fraction of sp³-hybridized carbons (Fsp3) is 0.467. The molecule has 0 fully saturated rings. The molecule has 1 aromatic rings. The lowest BCUT2D eigenvalue weighted by Gasteiger charge is -2.07. The number of allylic oxidation sites excluding steroid dienone is 1. The number of aryl methyl sites for hydroxylation is 1. The van der Waals surface area contributed by atoms with Gasteiger partial charge in [-0.1, -0.05) is 6.08 Å². The highest BCUT2D eigenvalue weighted by Crippen LogP contribution is 2.29. The highest BCUT2D eigenvalue weighted by Gasteiger charge is 2.32. The summed E-state index contributed by atoms with van der Waals surface area (Å²) in [5, 5.41) is 0. The van der Waals surface area contributed by atoms with Crippen LogP contribution in [-0.2, 0) is 11.2 Å². The lowest BCUT2D eigenvalue weighted by molar-refractivity contribution is 0.101. The van der Waals surface area contributed by atoms with Crippen molar-refractivity contribution in [3.63, 3.8) is 0 Å². The van der Waals surface area contributed by atoms with Crippen molar-refractivity contribution in [3.8, 4) is 0 Å². The quantitative estimate of drug-likeness (QED) is 0.618. The second-order valence-corrected chi connectivity index (χ2v) is 5.41. The number of aliphatic imine (C=N–C) groups is 1. The van der Waals surface area contributed by atoms with Crippen molar-refractivity contribution in [2.24, 2.45) is 4.99 Å². The lowest BCUT2D eigenvalue weighted by atomic mass is 10.0. The molecular formula is C15H19NO3. The number of hydrogen-bond acceptors (Lipinski definition) is 4. The van der Waals surface area contributed by atoms with Crippen LogP contribution in [0.5, 0.6) is 0 Å². The van der Waals surface area contributed by atoms with Crippen LogP contribution in [-0.4, -0.2) is 23.8 Å². The predicted octanol–water partition coefficient (Wildman–Crippen LogP) is 3.07. The summed E-state index contributed by atoms with van der Waals surface area (Å²) in [5.41, 5.74) is 1.18. The van der Waals surface area contributed by atoms with E-state index in [4.69, 9.17) is 9.15 Å². The van der Waals surface area contributed by atoms with Crippen LogP contribution in [0.15, 0.2) is 22.1 Å². The van der Waals surface area contributed by atoms with E-state index in [1.807, 2.05) is 13.8 Å². The van der Waals surface area contributed by atoms with Gasteiger partial charge in [-0.05, 0) is 34.1 Å². The highest BCUT2D eigenvalue weighted by atomic mass is 16.5. The molecule has 0 amide bonds. The van der Waals surface area contributed by atoms with Gasteiger partial charge in [0.15, 0.2) is 11.5 Å². The molecule has 1 aliphatic heterocycles. The van der Waals surface area contributed by atoms with Gasteiger partial charge in [-0.15, -0.1) is 6.58 Å². The average Bonchev–Trinajstić information content (AvgIpc) is 2.80. The minimum Gasteiger partial charge on any atom is -0.473 e. The number of carbonyl (C=O) groups is 1. The third kappa shape index (κ3) is 2.48. The van der Waals surface area contributed by atoms with E-state index in [2.05, 4.69) is 11.6 Å². The maximum absolute atomic E-state index is 11.7. The highest BCUT2D eigenvalue weighted by molar-refractivity contribution is 6.02. The van der Waals surface area contributed by atoms with E-state index in [1.54, 1.807) is 13.0 Å². The molecule has 2 heterocycles. The van der Waals surface area contributed by atoms with E-state index in [-0.39, 0.29) is 11.3 Å². The smallest absolute Gasteiger partial charge is 0.254 e. The average molecular weight is 261 g/mol. The first-order valence-electron chi connectivity index (χ1n) is 6.33. The standard InChI is InChI=1S/C15H19NO3/c1-6-7-11-12(9(2)17)10(3)19-13(11)14-16-15(4,5)8-18-14/h6H,1,7-8H2,2-5H3. The largest absolute Gasteiger partial charge is 0.473 e. The third-order valence-electron chi connectivity index (χ3n) is 3.04. The Hall–Kier alpha value is -1.84. The van der Waals surface area contributed by atoms with E-state index in [0.29, 0.717) is 36.0 Å². The van der Waals surface area contributed by atoms with Crippen molar-refractivity contribution in [2.75, 3.05) is 6.61 Å². The summed E-state index contributed by atoms with van der Waals surface area (Å²) in [6.07, 6.45) is 2.31. The summed E-state index contributed by atoms with van der Waals surface area (Å²) < 4.78 is 11.3. The monoisotopic (exact) mass is 261 g/mol. The first-order valence-corrected chi connectivity index (χ1v) is 6.33. The van der Waals surface area contributed by atoms with Gasteiger partial charge >= 0.3 is 0 Å². The number of rotatable bonds is 4. The van der Waals surface area contributed by atoms with Gasteiger partial charge < -0.3 is 9.15 Å². The summed E-state index contributed by atoms with van der Waals surface area (Å²) in [6, 6.07) is 0. The van der Waals surface area contributed by atoms with Gasteiger partial charge in [0.25, 0.3) is 5.90 Å². The molecule has 4 heteroatoms. The van der Waals surface area contributed by atoms with Gasteiger partial charge in [-0.2, -0.15) is 0 Å². The first kappa shape index (κ1) is 13.6. The summed E-state index contributed by atoms with van der Waals surface area (Å²) in [7, 11) is 0. The lowest BCUT2D eigenvalue weighted by Crippen LogP contribution is -2.17. The molecule has 4 nitrogen and oxygen atoms in total. The SMILES string of the molecule is C=CCc1c(C2=NC(C)(C)CO2)oc(C)c1C(C)=O. The summed E-state index contributed by atoms with van der Waals surface area (Å²) >= 11 is 0. The number of carbonyl (C=O) groups excluding carboxylic acids is 1. The summed E-state index contributed by atoms with van der Waals surface area (Å²) in [5.74, 6) is 1.64. The Morgan fingerprint density at radius 1 is 1.53 bits per heavy atom. The second kappa shape index (κ2) is 4.68. The van der Waals surface area contributed by atoms with E-state index < -0.39 is 0 Å². The Bertz CT molecular complexity index is 564. The number of ether oxygens (including phenoxy) is 1. The van der Waals surface area contributed by atoms with Crippen molar-refractivity contribution < 1.29 is 13.9 Å². The zero-order valence-corrected chi connectivity index (χ0v) is 11.9. The number of Topliss-reactive ketones (excluding diaryl/α,β-unsaturated/α-hetero) is 1. The molecule has 0 spiro atoms. The molecule has 0 saturated heterocycles. The van der Waals surface area contributed by atoms with Gasteiger partial charge in [-0.25, -0.2) is 4.99 Å². The van der Waals surface area contributed by atoms with Gasteiger partial charge in [0.1, 0.15) is 12.4 Å². The fourth-order valence-corrected chi connectivity index (χ4v) is 2.26. The Kier molecular flexibility index (Phi) is 3.35. The molecule has 0 radical (unpaired) electrons. The topological polar surface area (TPSA) is 51.8 Å². The fourth-order valence-electron chi connectivity index (χ4n) is 2.26. The minimum absolute atomic E-state index is 0.0118. The molecule has 102 valence electrons.